The summed E-state index contributed by atoms with van der Waals surface area (Å²) >= 11 is 0. The predicted molar refractivity (Wildman–Crippen MR) is 68.3 cm³/mol. The molecule has 0 aromatic heterocycles. The van der Waals surface area contributed by atoms with Crippen molar-refractivity contribution >= 4 is 10.7 Å². The third kappa shape index (κ3) is 4.86. The number of halogens is 1. The highest BCUT2D eigenvalue weighted by molar-refractivity contribution is 7.71. The second kappa shape index (κ2) is 7.43. The van der Waals surface area contributed by atoms with E-state index in [1.165, 1.54) is 12.5 Å². The van der Waals surface area contributed by atoms with Gasteiger partial charge in [0.15, 0.2) is 0 Å². The van der Waals surface area contributed by atoms with Gasteiger partial charge < -0.3 is 0 Å². The summed E-state index contributed by atoms with van der Waals surface area (Å²) in [4.78, 5) is 0. The number of unbranched alkanes of at least 4 members (excludes halogenated alkanes) is 3. The third-order valence-electron chi connectivity index (χ3n) is 2.80. The second-order valence-corrected chi connectivity index (χ2v) is 5.16. The predicted octanol–water partition coefficient (Wildman–Crippen LogP) is 3.06. The summed E-state index contributed by atoms with van der Waals surface area (Å²) in [5.41, 5.74) is 1.18. The van der Waals surface area contributed by atoms with Crippen molar-refractivity contribution in [3.8, 4) is 0 Å². The van der Waals surface area contributed by atoms with E-state index in [1.807, 2.05) is 6.07 Å². The minimum atomic E-state index is -2.57. The first-order valence-electron chi connectivity index (χ1n) is 6.03. The monoisotopic (exact) mass is 258 g/mol. The van der Waals surface area contributed by atoms with Gasteiger partial charge in [-0.3, -0.25) is 0 Å². The average molecular weight is 258 g/mol. The number of thiol groups is 1. The van der Waals surface area contributed by atoms with E-state index < -0.39 is 16.5 Å². The first kappa shape index (κ1) is 14.2. The van der Waals surface area contributed by atoms with Gasteiger partial charge in [-0.15, -0.1) is 0 Å². The summed E-state index contributed by atoms with van der Waals surface area (Å²) in [5.74, 6) is -0.595. The van der Waals surface area contributed by atoms with Crippen LogP contribution in [0.2, 0.25) is 0 Å². The molecule has 1 rings (SSSR count). The fourth-order valence-corrected chi connectivity index (χ4v) is 2.50. The van der Waals surface area contributed by atoms with Crippen LogP contribution in [0.4, 0.5) is 4.39 Å². The number of aryl methyl sites for hydroxylation is 1. The molecule has 0 aliphatic heterocycles. The van der Waals surface area contributed by atoms with Gasteiger partial charge in [-0.05, 0) is 24.5 Å². The summed E-state index contributed by atoms with van der Waals surface area (Å²) in [6.45, 7) is 2.13. The molecule has 0 saturated heterocycles. The van der Waals surface area contributed by atoms with Crippen LogP contribution >= 0.6 is 0 Å². The van der Waals surface area contributed by atoms with E-state index in [9.17, 15) is 12.8 Å². The van der Waals surface area contributed by atoms with Crippen molar-refractivity contribution in [2.24, 2.45) is 0 Å². The molecule has 0 radical (unpaired) electrons. The maximum absolute atomic E-state index is 13.5. The first-order valence-corrected chi connectivity index (χ1v) is 7.39. The van der Waals surface area contributed by atoms with Gasteiger partial charge >= 0.3 is 0 Å². The number of hydrogen-bond acceptors (Lipinski definition) is 2. The minimum Gasteiger partial charge on any atom is -0.232 e. The van der Waals surface area contributed by atoms with E-state index in [0.29, 0.717) is 5.56 Å². The normalized spacial score (nSPS) is 11.0. The van der Waals surface area contributed by atoms with E-state index in [4.69, 9.17) is 0 Å². The Labute approximate surface area is 104 Å². The van der Waals surface area contributed by atoms with Crippen LogP contribution in [0.15, 0.2) is 18.2 Å². The molecule has 0 unspecified atom stereocenters. The Morgan fingerprint density at radius 3 is 2.59 bits per heavy atom. The lowest BCUT2D eigenvalue weighted by molar-refractivity contribution is 0.596. The summed E-state index contributed by atoms with van der Waals surface area (Å²) in [7, 11) is -2.57. The molecular formula is C13H19FO2S. The molecule has 0 aliphatic rings. The molecule has 0 aliphatic carbocycles. The van der Waals surface area contributed by atoms with Crippen LogP contribution in [0.1, 0.15) is 43.7 Å². The Morgan fingerprint density at radius 2 is 1.94 bits per heavy atom. The van der Waals surface area contributed by atoms with Gasteiger partial charge in [-0.25, -0.2) is 12.8 Å². The molecule has 1 aromatic carbocycles. The summed E-state index contributed by atoms with van der Waals surface area (Å²) in [5, 5.41) is 0. The molecule has 4 heteroatoms. The smallest absolute Gasteiger partial charge is 0.144 e. The lowest BCUT2D eigenvalue weighted by atomic mass is 10.0. The Bertz CT molecular complexity index is 419. The van der Waals surface area contributed by atoms with Gasteiger partial charge in [0.05, 0.1) is 5.75 Å². The van der Waals surface area contributed by atoms with Gasteiger partial charge in [0.25, 0.3) is 0 Å². The Morgan fingerprint density at radius 1 is 1.18 bits per heavy atom. The summed E-state index contributed by atoms with van der Waals surface area (Å²) in [6.07, 6.45) is 5.18. The highest BCUT2D eigenvalue weighted by Crippen LogP contribution is 2.17. The lowest BCUT2D eigenvalue weighted by Crippen LogP contribution is -1.99. The van der Waals surface area contributed by atoms with Crippen LogP contribution in [0.5, 0.6) is 0 Å². The highest BCUT2D eigenvalue weighted by Gasteiger charge is 2.08. The van der Waals surface area contributed by atoms with Crippen LogP contribution in [-0.2, 0) is 22.9 Å². The fraction of sp³-hybridized carbons (Fsp3) is 0.538. The number of rotatable bonds is 7. The second-order valence-electron chi connectivity index (χ2n) is 4.18. The number of hydrogen-bond donors (Lipinski definition) is 1. The van der Waals surface area contributed by atoms with E-state index in [-0.39, 0.29) is 5.75 Å². The third-order valence-corrected chi connectivity index (χ3v) is 3.38. The molecule has 17 heavy (non-hydrogen) atoms. The molecule has 0 fully saturated rings. The SMILES string of the molecule is CCCCCCc1cccc(F)c1C[SH](=O)=O. The van der Waals surface area contributed by atoms with Crippen molar-refractivity contribution in [2.45, 2.75) is 44.8 Å². The van der Waals surface area contributed by atoms with Crippen LogP contribution in [0.3, 0.4) is 0 Å². The Balaban J connectivity index is 2.72. The van der Waals surface area contributed by atoms with Crippen molar-refractivity contribution in [1.82, 2.24) is 0 Å². The average Bonchev–Trinajstić information content (AvgIpc) is 2.28. The maximum Gasteiger partial charge on any atom is 0.144 e. The summed E-state index contributed by atoms with van der Waals surface area (Å²) < 4.78 is 35.0. The van der Waals surface area contributed by atoms with E-state index >= 15 is 0 Å². The van der Waals surface area contributed by atoms with E-state index in [1.54, 1.807) is 6.07 Å². The zero-order valence-electron chi connectivity index (χ0n) is 10.1. The zero-order valence-corrected chi connectivity index (χ0v) is 11.0. The van der Waals surface area contributed by atoms with Crippen molar-refractivity contribution in [3.05, 3.63) is 35.1 Å². The van der Waals surface area contributed by atoms with Crippen LogP contribution < -0.4 is 0 Å². The molecule has 0 spiro atoms. The topological polar surface area (TPSA) is 34.1 Å². The van der Waals surface area contributed by atoms with Crippen LogP contribution in [-0.4, -0.2) is 8.42 Å². The Hall–Kier alpha value is -0.900. The first-order chi connectivity index (χ1) is 8.15. The molecule has 0 heterocycles. The van der Waals surface area contributed by atoms with E-state index in [2.05, 4.69) is 6.92 Å². The zero-order chi connectivity index (χ0) is 12.7. The van der Waals surface area contributed by atoms with Crippen LogP contribution in [0.25, 0.3) is 0 Å². The van der Waals surface area contributed by atoms with E-state index in [0.717, 1.165) is 31.2 Å². The van der Waals surface area contributed by atoms with Crippen LogP contribution in [0, 0.1) is 5.82 Å². The quantitative estimate of drug-likeness (QED) is 0.602. The molecule has 0 amide bonds. The lowest BCUT2D eigenvalue weighted by Gasteiger charge is -2.08. The molecule has 1 aromatic rings. The van der Waals surface area contributed by atoms with Crippen molar-refractivity contribution in [2.75, 3.05) is 0 Å². The molecule has 0 atom stereocenters. The van der Waals surface area contributed by atoms with Gasteiger partial charge in [0.2, 0.25) is 0 Å². The molecule has 0 bridgehead atoms. The molecule has 0 saturated carbocycles. The number of benzene rings is 1. The molecule has 0 N–H and O–H groups in total. The molecular weight excluding hydrogens is 239 g/mol. The van der Waals surface area contributed by atoms with Gasteiger partial charge in [0, 0.05) is 5.56 Å². The fourth-order valence-electron chi connectivity index (χ4n) is 1.89. The van der Waals surface area contributed by atoms with Crippen molar-refractivity contribution in [1.29, 1.82) is 0 Å². The Kier molecular flexibility index (Phi) is 6.19. The minimum absolute atomic E-state index is 0.189. The van der Waals surface area contributed by atoms with Crippen molar-refractivity contribution in [3.63, 3.8) is 0 Å². The molecule has 96 valence electrons. The van der Waals surface area contributed by atoms with Gasteiger partial charge in [0.1, 0.15) is 16.5 Å². The summed E-state index contributed by atoms with van der Waals surface area (Å²) in [6, 6.07) is 4.79. The molecule has 2 nitrogen and oxygen atoms in total. The standard InChI is InChI=1S/C13H19FO2S/c1-2-3-4-5-7-11-8-6-9-13(14)12(11)10-17(15)16/h6,8-9,17H,2-5,7,10H2,1H3. The van der Waals surface area contributed by atoms with Gasteiger partial charge in [-0.1, -0.05) is 38.3 Å². The van der Waals surface area contributed by atoms with Gasteiger partial charge in [-0.2, -0.15) is 0 Å². The largest absolute Gasteiger partial charge is 0.232 e. The maximum atomic E-state index is 13.5. The van der Waals surface area contributed by atoms with Crippen molar-refractivity contribution < 1.29 is 12.8 Å². The highest BCUT2D eigenvalue weighted by atomic mass is 32.2.